The molecule has 0 aliphatic rings. The largest absolute Gasteiger partial charge is 0.457 e. The van der Waals surface area contributed by atoms with Crippen molar-refractivity contribution in [3.8, 4) is 45.3 Å². The second kappa shape index (κ2) is 17.8. The molecule has 0 aliphatic carbocycles. The first-order chi connectivity index (χ1) is 34.2. The number of imidazole rings is 2. The third-order valence-corrected chi connectivity index (χ3v) is 14.9. The van der Waals surface area contributed by atoms with Gasteiger partial charge < -0.3 is 4.74 Å². The third-order valence-electron chi connectivity index (χ3n) is 14.9. The molecule has 0 bridgehead atoms. The molecular formula is C65H65N5O. The molecule has 0 spiro atoms. The Labute approximate surface area is 418 Å². The zero-order chi connectivity index (χ0) is 49.6. The van der Waals surface area contributed by atoms with Gasteiger partial charge in [0.05, 0.1) is 35.0 Å². The Morgan fingerprint density at radius 3 is 1.24 bits per heavy atom. The van der Waals surface area contributed by atoms with Crippen LogP contribution in [0.2, 0.25) is 0 Å². The highest BCUT2D eigenvalue weighted by atomic mass is 16.5. The Balaban J connectivity index is 1.12. The average molecular weight is 932 g/mol. The Hall–Kier alpha value is -7.31. The molecule has 0 aliphatic heterocycles. The summed E-state index contributed by atoms with van der Waals surface area (Å²) in [6.07, 6.45) is 4.15. The molecule has 0 saturated carbocycles. The number of rotatable bonds is 11. The quantitative estimate of drug-likeness (QED) is 0.121. The van der Waals surface area contributed by atoms with Gasteiger partial charge in [-0.25, -0.2) is 15.0 Å². The van der Waals surface area contributed by atoms with Gasteiger partial charge in [-0.3, -0.25) is 8.80 Å². The molecule has 11 rings (SSSR count). The van der Waals surface area contributed by atoms with E-state index in [0.717, 1.165) is 78.0 Å². The lowest BCUT2D eigenvalue weighted by atomic mass is 9.86. The van der Waals surface area contributed by atoms with Gasteiger partial charge in [0.1, 0.15) is 28.4 Å². The number of aromatic nitrogens is 5. The Morgan fingerprint density at radius 2 is 0.761 bits per heavy atom. The molecule has 71 heavy (non-hydrogen) atoms. The molecule has 5 heterocycles. The summed E-state index contributed by atoms with van der Waals surface area (Å²) >= 11 is 0. The second-order valence-corrected chi connectivity index (χ2v) is 21.6. The molecule has 6 heteroatoms. The van der Waals surface area contributed by atoms with Gasteiger partial charge in [-0.2, -0.15) is 0 Å². The highest BCUT2D eigenvalue weighted by molar-refractivity contribution is 6.14. The summed E-state index contributed by atoms with van der Waals surface area (Å²) in [5.74, 6) is 3.46. The van der Waals surface area contributed by atoms with Crippen LogP contribution in [0.1, 0.15) is 152 Å². The first-order valence-corrected chi connectivity index (χ1v) is 25.8. The molecule has 0 atom stereocenters. The first-order valence-electron chi connectivity index (χ1n) is 25.8. The predicted molar refractivity (Wildman–Crippen MR) is 299 cm³/mol. The number of pyridine rings is 3. The molecule has 5 aromatic heterocycles. The number of benzene rings is 6. The summed E-state index contributed by atoms with van der Waals surface area (Å²) in [5.41, 5.74) is 18.6. The molecule has 6 nitrogen and oxygen atoms in total. The van der Waals surface area contributed by atoms with E-state index in [-0.39, 0.29) is 0 Å². The van der Waals surface area contributed by atoms with E-state index in [1.807, 2.05) is 0 Å². The van der Waals surface area contributed by atoms with Crippen molar-refractivity contribution in [2.24, 2.45) is 0 Å². The predicted octanol–water partition coefficient (Wildman–Crippen LogP) is 18.5. The third kappa shape index (κ3) is 7.57. The van der Waals surface area contributed by atoms with Crippen molar-refractivity contribution in [2.45, 2.75) is 119 Å². The molecule has 0 saturated heterocycles. The van der Waals surface area contributed by atoms with Crippen molar-refractivity contribution in [3.05, 3.63) is 173 Å². The Kier molecular flexibility index (Phi) is 11.6. The molecule has 0 amide bonds. The van der Waals surface area contributed by atoms with Crippen molar-refractivity contribution in [1.82, 2.24) is 23.8 Å². The summed E-state index contributed by atoms with van der Waals surface area (Å²) in [4.78, 5) is 16.3. The SMILES string of the molecule is CC(C)c1cccc(C(C)C)c1-c1ccc2c3ccc(Oc4ccc5c6ccccc6n6c(-c7c(C(C)C)cccc7C(C)C)cnc6c5c4)cc3c3ncc(-c4c(C(C)C)cccc4C(C)C)n3c2n1. The van der Waals surface area contributed by atoms with Crippen LogP contribution in [0.25, 0.3) is 88.5 Å². The minimum atomic E-state index is 0.305. The minimum Gasteiger partial charge on any atom is -0.457 e. The molecule has 11 aromatic rings. The van der Waals surface area contributed by atoms with E-state index in [2.05, 4.69) is 232 Å². The highest BCUT2D eigenvalue weighted by Crippen LogP contribution is 2.44. The number of hydrogen-bond donors (Lipinski definition) is 0. The van der Waals surface area contributed by atoms with E-state index in [1.54, 1.807) is 0 Å². The maximum absolute atomic E-state index is 6.96. The summed E-state index contributed by atoms with van der Waals surface area (Å²) in [7, 11) is 0. The fraction of sp³-hybridized carbons (Fsp3) is 0.277. The van der Waals surface area contributed by atoms with E-state index < -0.39 is 0 Å². The Morgan fingerprint density at radius 1 is 0.352 bits per heavy atom. The van der Waals surface area contributed by atoms with Crippen LogP contribution >= 0.6 is 0 Å². The fourth-order valence-electron chi connectivity index (χ4n) is 11.4. The van der Waals surface area contributed by atoms with E-state index in [4.69, 9.17) is 19.7 Å². The summed E-state index contributed by atoms with van der Waals surface area (Å²) in [5, 5.41) is 6.51. The van der Waals surface area contributed by atoms with Gasteiger partial charge in [0, 0.05) is 38.2 Å². The monoisotopic (exact) mass is 932 g/mol. The number of ether oxygens (including phenoxy) is 1. The van der Waals surface area contributed by atoms with Crippen LogP contribution in [0.3, 0.4) is 0 Å². The van der Waals surface area contributed by atoms with Gasteiger partial charge in [0.15, 0.2) is 0 Å². The summed E-state index contributed by atoms with van der Waals surface area (Å²) in [6.45, 7) is 27.4. The number of para-hydroxylation sites is 1. The van der Waals surface area contributed by atoms with Crippen LogP contribution in [0, 0.1) is 0 Å². The van der Waals surface area contributed by atoms with Crippen molar-refractivity contribution in [3.63, 3.8) is 0 Å². The van der Waals surface area contributed by atoms with Crippen LogP contribution in [-0.2, 0) is 0 Å². The summed E-state index contributed by atoms with van der Waals surface area (Å²) in [6, 6.07) is 46.4. The molecule has 0 fully saturated rings. The molecule has 6 aromatic carbocycles. The lowest BCUT2D eigenvalue weighted by Crippen LogP contribution is -2.05. The van der Waals surface area contributed by atoms with Crippen molar-refractivity contribution in [2.75, 3.05) is 0 Å². The number of hydrogen-bond acceptors (Lipinski definition) is 4. The average Bonchev–Trinajstić information content (AvgIpc) is 4.02. The van der Waals surface area contributed by atoms with Crippen LogP contribution in [0.4, 0.5) is 0 Å². The van der Waals surface area contributed by atoms with E-state index in [9.17, 15) is 0 Å². The molecule has 356 valence electrons. The van der Waals surface area contributed by atoms with Crippen molar-refractivity contribution < 1.29 is 4.74 Å². The van der Waals surface area contributed by atoms with Crippen LogP contribution in [0.5, 0.6) is 11.5 Å². The van der Waals surface area contributed by atoms with Crippen molar-refractivity contribution in [1.29, 1.82) is 0 Å². The van der Waals surface area contributed by atoms with E-state index in [1.165, 1.54) is 55.5 Å². The zero-order valence-corrected chi connectivity index (χ0v) is 43.4. The normalized spacial score (nSPS) is 12.4. The van der Waals surface area contributed by atoms with Gasteiger partial charge in [0.2, 0.25) is 0 Å². The van der Waals surface area contributed by atoms with Crippen LogP contribution in [-0.4, -0.2) is 23.8 Å². The van der Waals surface area contributed by atoms with Gasteiger partial charge >= 0.3 is 0 Å². The molecule has 0 unspecified atom stereocenters. The zero-order valence-electron chi connectivity index (χ0n) is 43.4. The van der Waals surface area contributed by atoms with Crippen LogP contribution in [0.15, 0.2) is 140 Å². The van der Waals surface area contributed by atoms with Gasteiger partial charge in [-0.15, -0.1) is 0 Å². The minimum absolute atomic E-state index is 0.305. The van der Waals surface area contributed by atoms with Crippen LogP contribution < -0.4 is 4.74 Å². The molecular weight excluding hydrogens is 867 g/mol. The fourth-order valence-corrected chi connectivity index (χ4v) is 11.4. The molecule has 0 N–H and O–H groups in total. The van der Waals surface area contributed by atoms with E-state index in [0.29, 0.717) is 35.5 Å². The second-order valence-electron chi connectivity index (χ2n) is 21.6. The van der Waals surface area contributed by atoms with Gasteiger partial charge in [-0.1, -0.05) is 156 Å². The van der Waals surface area contributed by atoms with Crippen molar-refractivity contribution >= 4 is 54.8 Å². The smallest absolute Gasteiger partial charge is 0.147 e. The van der Waals surface area contributed by atoms with Gasteiger partial charge in [0.25, 0.3) is 0 Å². The maximum Gasteiger partial charge on any atom is 0.147 e. The number of nitrogens with zero attached hydrogens (tertiary/aromatic N) is 5. The maximum atomic E-state index is 6.96. The lowest BCUT2D eigenvalue weighted by Gasteiger charge is -2.21. The number of fused-ring (bicyclic) bond motifs is 12. The topological polar surface area (TPSA) is 56.7 Å². The summed E-state index contributed by atoms with van der Waals surface area (Å²) < 4.78 is 11.7. The van der Waals surface area contributed by atoms with Gasteiger partial charge in [-0.05, 0) is 134 Å². The Bertz CT molecular complexity index is 3800. The molecule has 0 radical (unpaired) electrons. The highest BCUT2D eigenvalue weighted by Gasteiger charge is 2.25. The standard InChI is InChI=1S/C65H65N5O/c1-36(2)44-19-15-20-45(37(3)4)60(44)56-31-30-53-51-29-27-43(33-55(51)64-67-35-59(70(64)65(53)68-56)62-48(40(9)10)23-17-24-49(62)41(11)12)71-42-26-28-50-52-18-13-14-25-57(52)69-58(34-66-63(69)54(50)32-42)61-46(38(5)6)21-16-22-47(61)39(7)8/h13-41H,1-12H3. The first kappa shape index (κ1) is 46.1. The van der Waals surface area contributed by atoms with E-state index >= 15 is 0 Å². The lowest BCUT2D eigenvalue weighted by molar-refractivity contribution is 0.484.